The van der Waals surface area contributed by atoms with Crippen molar-refractivity contribution in [3.05, 3.63) is 24.0 Å². The molecule has 0 radical (unpaired) electrons. The maximum atomic E-state index is 13.7. The van der Waals surface area contributed by atoms with Crippen molar-refractivity contribution in [3.8, 4) is 0 Å². The van der Waals surface area contributed by atoms with Gasteiger partial charge in [0.2, 0.25) is 5.91 Å². The van der Waals surface area contributed by atoms with Gasteiger partial charge in [-0.25, -0.2) is 12.8 Å². The number of hydrogen-bond acceptors (Lipinski definition) is 4. The van der Waals surface area contributed by atoms with Crippen LogP contribution in [0.25, 0.3) is 0 Å². The molecular weight excluding hydrogens is 283 g/mol. The number of amides is 1. The number of carbonyl (C=O) groups excluding carboxylic acids is 1. The van der Waals surface area contributed by atoms with Crippen molar-refractivity contribution in [2.24, 2.45) is 0 Å². The average molecular weight is 300 g/mol. The molecule has 1 aliphatic rings. The monoisotopic (exact) mass is 300 g/mol. The Balaban J connectivity index is 1.92. The normalized spacial score (nSPS) is 18.9. The van der Waals surface area contributed by atoms with Crippen LogP contribution >= 0.6 is 0 Å². The zero-order valence-electron chi connectivity index (χ0n) is 11.1. The van der Waals surface area contributed by atoms with Crippen LogP contribution in [0.2, 0.25) is 0 Å². The lowest BCUT2D eigenvalue weighted by molar-refractivity contribution is -0.119. The Bertz CT molecular complexity index is 616. The summed E-state index contributed by atoms with van der Waals surface area (Å²) in [4.78, 5) is 11.0. The van der Waals surface area contributed by atoms with E-state index in [9.17, 15) is 17.6 Å². The first-order valence-electron chi connectivity index (χ1n) is 6.39. The average Bonchev–Trinajstić information content (AvgIpc) is 2.76. The number of nitrogens with one attached hydrogen (secondary N) is 2. The number of sulfone groups is 1. The molecule has 1 aromatic carbocycles. The summed E-state index contributed by atoms with van der Waals surface area (Å²) >= 11 is 0. The molecule has 7 heteroatoms. The fourth-order valence-electron chi connectivity index (χ4n) is 2.14. The predicted octanol–water partition coefficient (Wildman–Crippen LogP) is 1.31. The SMILES string of the molecule is CS(=O)(=O)c1ccc(NCCC2CCC(=O)N2)c(F)c1. The molecule has 0 spiro atoms. The molecule has 1 aromatic rings. The summed E-state index contributed by atoms with van der Waals surface area (Å²) < 4.78 is 36.3. The van der Waals surface area contributed by atoms with Gasteiger partial charge < -0.3 is 10.6 Å². The Kier molecular flexibility index (Phi) is 4.27. The Morgan fingerprint density at radius 2 is 2.20 bits per heavy atom. The smallest absolute Gasteiger partial charge is 0.220 e. The molecule has 1 unspecified atom stereocenters. The molecule has 20 heavy (non-hydrogen) atoms. The lowest BCUT2D eigenvalue weighted by atomic mass is 10.1. The van der Waals surface area contributed by atoms with Crippen LogP contribution in [0.3, 0.4) is 0 Å². The van der Waals surface area contributed by atoms with Crippen molar-refractivity contribution in [1.82, 2.24) is 5.32 Å². The summed E-state index contributed by atoms with van der Waals surface area (Å²) in [5.41, 5.74) is 0.265. The van der Waals surface area contributed by atoms with Gasteiger partial charge in [-0.1, -0.05) is 0 Å². The summed E-state index contributed by atoms with van der Waals surface area (Å²) in [6.07, 6.45) is 3.09. The van der Waals surface area contributed by atoms with Crippen LogP contribution in [-0.4, -0.2) is 33.2 Å². The van der Waals surface area contributed by atoms with Crippen LogP contribution in [0.4, 0.5) is 10.1 Å². The predicted molar refractivity (Wildman–Crippen MR) is 73.8 cm³/mol. The third-order valence-corrected chi connectivity index (χ3v) is 4.37. The summed E-state index contributed by atoms with van der Waals surface area (Å²) in [6.45, 7) is 0.514. The minimum atomic E-state index is -3.40. The van der Waals surface area contributed by atoms with Gasteiger partial charge >= 0.3 is 0 Å². The molecule has 1 amide bonds. The molecular formula is C13H17FN2O3S. The highest BCUT2D eigenvalue weighted by Gasteiger charge is 2.20. The number of rotatable bonds is 5. The standard InChI is InChI=1S/C13H17FN2O3S/c1-20(18,19)10-3-4-12(11(14)8-10)15-7-6-9-2-5-13(17)16-9/h3-4,8-9,15H,2,5-7H2,1H3,(H,16,17). The van der Waals surface area contributed by atoms with E-state index in [1.807, 2.05) is 0 Å². The number of hydrogen-bond donors (Lipinski definition) is 2. The van der Waals surface area contributed by atoms with E-state index in [2.05, 4.69) is 10.6 Å². The summed E-state index contributed by atoms with van der Waals surface area (Å²) in [7, 11) is -3.40. The molecule has 1 saturated heterocycles. The number of halogens is 1. The van der Waals surface area contributed by atoms with Crippen LogP contribution in [0.1, 0.15) is 19.3 Å². The largest absolute Gasteiger partial charge is 0.383 e. The highest BCUT2D eigenvalue weighted by molar-refractivity contribution is 7.90. The van der Waals surface area contributed by atoms with Crippen molar-refractivity contribution in [3.63, 3.8) is 0 Å². The Morgan fingerprint density at radius 3 is 2.75 bits per heavy atom. The highest BCUT2D eigenvalue weighted by atomic mass is 32.2. The zero-order valence-corrected chi connectivity index (χ0v) is 12.0. The van der Waals surface area contributed by atoms with E-state index in [1.165, 1.54) is 12.1 Å². The molecule has 2 rings (SSSR count). The van der Waals surface area contributed by atoms with E-state index in [0.29, 0.717) is 19.4 Å². The number of anilines is 1. The van der Waals surface area contributed by atoms with Crippen LogP contribution in [0.5, 0.6) is 0 Å². The van der Waals surface area contributed by atoms with Crippen molar-refractivity contribution in [1.29, 1.82) is 0 Å². The van der Waals surface area contributed by atoms with E-state index in [1.54, 1.807) is 0 Å². The van der Waals surface area contributed by atoms with Gasteiger partial charge in [0.1, 0.15) is 5.82 Å². The van der Waals surface area contributed by atoms with Gasteiger partial charge in [0.15, 0.2) is 9.84 Å². The molecule has 2 N–H and O–H groups in total. The van der Waals surface area contributed by atoms with E-state index >= 15 is 0 Å². The van der Waals surface area contributed by atoms with Gasteiger partial charge in [-0.15, -0.1) is 0 Å². The maximum Gasteiger partial charge on any atom is 0.220 e. The van der Waals surface area contributed by atoms with E-state index in [4.69, 9.17) is 0 Å². The zero-order chi connectivity index (χ0) is 14.8. The maximum absolute atomic E-state index is 13.7. The van der Waals surface area contributed by atoms with E-state index in [-0.39, 0.29) is 22.5 Å². The van der Waals surface area contributed by atoms with Crippen LogP contribution in [0, 0.1) is 5.82 Å². The third kappa shape index (κ3) is 3.69. The molecule has 110 valence electrons. The lowest BCUT2D eigenvalue weighted by Gasteiger charge is -2.12. The van der Waals surface area contributed by atoms with E-state index < -0.39 is 15.7 Å². The molecule has 5 nitrogen and oxygen atoms in total. The van der Waals surface area contributed by atoms with Gasteiger partial charge in [0.25, 0.3) is 0 Å². The first kappa shape index (κ1) is 14.8. The van der Waals surface area contributed by atoms with Crippen LogP contribution in [0.15, 0.2) is 23.1 Å². The first-order valence-corrected chi connectivity index (χ1v) is 8.28. The molecule has 1 fully saturated rings. The second-order valence-corrected chi connectivity index (χ2v) is 6.95. The highest BCUT2D eigenvalue weighted by Crippen LogP contribution is 2.19. The van der Waals surface area contributed by atoms with Crippen LogP contribution < -0.4 is 10.6 Å². The second kappa shape index (κ2) is 5.78. The fourth-order valence-corrected chi connectivity index (χ4v) is 2.78. The molecule has 0 aromatic heterocycles. The van der Waals surface area contributed by atoms with Crippen molar-refractivity contribution in [2.45, 2.75) is 30.2 Å². The number of benzene rings is 1. The van der Waals surface area contributed by atoms with Crippen molar-refractivity contribution >= 4 is 21.4 Å². The topological polar surface area (TPSA) is 75.3 Å². The quantitative estimate of drug-likeness (QED) is 0.860. The number of carbonyl (C=O) groups is 1. The Morgan fingerprint density at radius 1 is 1.45 bits per heavy atom. The Hall–Kier alpha value is -1.63. The molecule has 0 aliphatic carbocycles. The molecule has 0 bridgehead atoms. The lowest BCUT2D eigenvalue weighted by Crippen LogP contribution is -2.27. The fraction of sp³-hybridized carbons (Fsp3) is 0.462. The van der Waals surface area contributed by atoms with Gasteiger partial charge in [-0.3, -0.25) is 4.79 Å². The van der Waals surface area contributed by atoms with Crippen LogP contribution in [-0.2, 0) is 14.6 Å². The van der Waals surface area contributed by atoms with E-state index in [0.717, 1.165) is 18.7 Å². The van der Waals surface area contributed by atoms with Crippen molar-refractivity contribution in [2.75, 3.05) is 18.1 Å². The summed E-state index contributed by atoms with van der Waals surface area (Å²) in [5, 5.41) is 5.74. The van der Waals surface area contributed by atoms with Gasteiger partial charge in [0.05, 0.1) is 10.6 Å². The van der Waals surface area contributed by atoms with Gasteiger partial charge in [-0.05, 0) is 31.0 Å². The molecule has 1 aliphatic heterocycles. The summed E-state index contributed by atoms with van der Waals surface area (Å²) in [6, 6.07) is 3.93. The third-order valence-electron chi connectivity index (χ3n) is 3.26. The summed E-state index contributed by atoms with van der Waals surface area (Å²) in [5.74, 6) is -0.540. The minimum absolute atomic E-state index is 0.0383. The van der Waals surface area contributed by atoms with Gasteiger partial charge in [-0.2, -0.15) is 0 Å². The Labute approximate surface area is 117 Å². The van der Waals surface area contributed by atoms with Crippen molar-refractivity contribution < 1.29 is 17.6 Å². The second-order valence-electron chi connectivity index (χ2n) is 4.93. The molecule has 1 heterocycles. The molecule has 0 saturated carbocycles. The molecule has 1 atom stereocenters. The van der Waals surface area contributed by atoms with Gasteiger partial charge in [0, 0.05) is 25.3 Å². The minimum Gasteiger partial charge on any atom is -0.383 e. The first-order chi connectivity index (χ1) is 9.36.